The predicted molar refractivity (Wildman–Crippen MR) is 144 cm³/mol. The molecule has 0 spiro atoms. The second-order valence-electron chi connectivity index (χ2n) is 11.5. The van der Waals surface area contributed by atoms with Crippen LogP contribution in [0.5, 0.6) is 0 Å². The number of hydrogen-bond acceptors (Lipinski definition) is 4. The van der Waals surface area contributed by atoms with Crippen LogP contribution in [-0.4, -0.2) is 58.9 Å². The normalized spacial score (nSPS) is 22.3. The van der Waals surface area contributed by atoms with Gasteiger partial charge < -0.3 is 20.4 Å². The fourth-order valence-corrected chi connectivity index (χ4v) is 5.58. The van der Waals surface area contributed by atoms with Crippen molar-refractivity contribution in [1.29, 1.82) is 0 Å². The van der Waals surface area contributed by atoms with Crippen LogP contribution in [0.4, 0.5) is 0 Å². The molecule has 2 amide bonds. The molecule has 0 atom stereocenters. The maximum Gasteiger partial charge on any atom is 0.248 e. The molecule has 6 nitrogen and oxygen atoms in total. The summed E-state index contributed by atoms with van der Waals surface area (Å²) in [5, 5.41) is 7.08. The third kappa shape index (κ3) is 5.03. The molecule has 2 aromatic rings. The molecular formula is C30H36N4O2. The van der Waals surface area contributed by atoms with Gasteiger partial charge in [0.2, 0.25) is 11.8 Å². The van der Waals surface area contributed by atoms with E-state index in [1.54, 1.807) is 12.2 Å². The van der Waals surface area contributed by atoms with Gasteiger partial charge >= 0.3 is 0 Å². The summed E-state index contributed by atoms with van der Waals surface area (Å²) in [6, 6.07) is 16.5. The third-order valence-electron chi connectivity index (χ3n) is 7.26. The van der Waals surface area contributed by atoms with Gasteiger partial charge in [-0.3, -0.25) is 9.59 Å². The quantitative estimate of drug-likeness (QED) is 0.640. The lowest BCUT2D eigenvalue weighted by molar-refractivity contribution is -0.134. The Morgan fingerprint density at radius 2 is 1.03 bits per heavy atom. The van der Waals surface area contributed by atoms with E-state index in [0.29, 0.717) is 26.2 Å². The van der Waals surface area contributed by atoms with Gasteiger partial charge in [0.25, 0.3) is 0 Å². The van der Waals surface area contributed by atoms with Crippen LogP contribution >= 0.6 is 0 Å². The van der Waals surface area contributed by atoms with E-state index in [9.17, 15) is 9.59 Å². The number of amides is 2. The first-order valence-corrected chi connectivity index (χ1v) is 12.8. The Labute approximate surface area is 214 Å². The Hall–Kier alpha value is -3.54. The van der Waals surface area contributed by atoms with Crippen molar-refractivity contribution in [3.63, 3.8) is 0 Å². The van der Waals surface area contributed by atoms with Crippen molar-refractivity contribution < 1.29 is 9.59 Å². The lowest BCUT2D eigenvalue weighted by Crippen LogP contribution is -2.50. The van der Waals surface area contributed by atoms with E-state index < -0.39 is 0 Å². The minimum absolute atomic E-state index is 0.0138. The maximum atomic E-state index is 13.2. The minimum atomic E-state index is -0.112. The van der Waals surface area contributed by atoms with Gasteiger partial charge in [0.1, 0.15) is 0 Å². The standard InChI is InChI=1S/C30H36N4O2/c1-29(2)19-21-9-5-7-11-23(21)25(31-29)17-27(35)33-13-15-34(16-14-33)28(36)18-26-24-12-8-6-10-22(24)20-30(3,4)32-26/h5-12,17-18,31-32H,13-16,19-20H2,1-4H3/b25-17+,26-18+. The lowest BCUT2D eigenvalue weighted by atomic mass is 9.86. The fraction of sp³-hybridized carbons (Fsp3) is 0.400. The molecule has 2 N–H and O–H groups in total. The molecule has 0 radical (unpaired) electrons. The SMILES string of the molecule is CC1(C)Cc2ccccc2/C(=C\C(=O)N2CCN(C(=O)/C=C3/NC(C)(C)Cc4ccccc43)CC2)N1. The highest BCUT2D eigenvalue weighted by Crippen LogP contribution is 2.30. The summed E-state index contributed by atoms with van der Waals surface area (Å²) in [5.41, 5.74) is 6.22. The topological polar surface area (TPSA) is 64.7 Å². The van der Waals surface area contributed by atoms with Crippen molar-refractivity contribution in [1.82, 2.24) is 20.4 Å². The smallest absolute Gasteiger partial charge is 0.248 e. The number of fused-ring (bicyclic) bond motifs is 2. The molecule has 0 aliphatic carbocycles. The fourth-order valence-electron chi connectivity index (χ4n) is 5.58. The molecule has 3 heterocycles. The number of carbonyl (C=O) groups is 2. The minimum Gasteiger partial charge on any atom is -0.379 e. The van der Waals surface area contributed by atoms with Crippen LogP contribution in [0.25, 0.3) is 11.4 Å². The zero-order chi connectivity index (χ0) is 25.5. The van der Waals surface area contributed by atoms with Gasteiger partial charge in [0.05, 0.1) is 0 Å². The predicted octanol–water partition coefficient (Wildman–Crippen LogP) is 3.59. The number of piperazine rings is 1. The van der Waals surface area contributed by atoms with Crippen molar-refractivity contribution in [2.45, 2.75) is 51.6 Å². The molecule has 1 fully saturated rings. The average Bonchev–Trinajstić information content (AvgIpc) is 2.82. The summed E-state index contributed by atoms with van der Waals surface area (Å²) in [6.45, 7) is 10.7. The van der Waals surface area contributed by atoms with Crippen LogP contribution in [-0.2, 0) is 22.4 Å². The van der Waals surface area contributed by atoms with E-state index in [0.717, 1.165) is 35.4 Å². The van der Waals surface area contributed by atoms with Gasteiger partial charge in [0.15, 0.2) is 0 Å². The van der Waals surface area contributed by atoms with Crippen LogP contribution in [0.2, 0.25) is 0 Å². The molecule has 0 saturated carbocycles. The molecule has 36 heavy (non-hydrogen) atoms. The molecule has 188 valence electrons. The number of rotatable bonds is 2. The van der Waals surface area contributed by atoms with Gasteiger partial charge in [-0.25, -0.2) is 0 Å². The molecule has 5 rings (SSSR count). The zero-order valence-corrected chi connectivity index (χ0v) is 21.7. The molecule has 3 aliphatic rings. The monoisotopic (exact) mass is 484 g/mol. The highest BCUT2D eigenvalue weighted by Gasteiger charge is 2.30. The van der Waals surface area contributed by atoms with Crippen molar-refractivity contribution in [3.8, 4) is 0 Å². The van der Waals surface area contributed by atoms with Crippen molar-refractivity contribution in [3.05, 3.63) is 82.9 Å². The van der Waals surface area contributed by atoms with Crippen LogP contribution in [0.15, 0.2) is 60.7 Å². The maximum absolute atomic E-state index is 13.2. The zero-order valence-electron chi connectivity index (χ0n) is 21.7. The Kier molecular flexibility index (Phi) is 6.15. The highest BCUT2D eigenvalue weighted by molar-refractivity contribution is 5.97. The van der Waals surface area contributed by atoms with E-state index in [-0.39, 0.29) is 22.9 Å². The van der Waals surface area contributed by atoms with Crippen molar-refractivity contribution in [2.24, 2.45) is 0 Å². The lowest BCUT2D eigenvalue weighted by Gasteiger charge is -2.37. The van der Waals surface area contributed by atoms with Gasteiger partial charge in [0, 0.05) is 71.9 Å². The first-order valence-electron chi connectivity index (χ1n) is 12.8. The molecule has 0 aromatic heterocycles. The molecule has 0 bridgehead atoms. The highest BCUT2D eigenvalue weighted by atomic mass is 16.2. The molecule has 1 saturated heterocycles. The number of benzene rings is 2. The van der Waals surface area contributed by atoms with Crippen LogP contribution in [0.1, 0.15) is 49.9 Å². The second-order valence-corrected chi connectivity index (χ2v) is 11.5. The summed E-state index contributed by atoms with van der Waals surface area (Å²) < 4.78 is 0. The van der Waals surface area contributed by atoms with E-state index in [2.05, 4.69) is 62.6 Å². The van der Waals surface area contributed by atoms with Gasteiger partial charge in [-0.1, -0.05) is 48.5 Å². The Balaban J connectivity index is 1.26. The Morgan fingerprint density at radius 1 is 0.667 bits per heavy atom. The van der Waals surface area contributed by atoms with Crippen LogP contribution in [0.3, 0.4) is 0 Å². The number of hydrogen-bond donors (Lipinski definition) is 2. The van der Waals surface area contributed by atoms with Gasteiger partial charge in [-0.2, -0.15) is 0 Å². The first kappa shape index (κ1) is 24.2. The molecule has 2 aromatic carbocycles. The number of nitrogens with zero attached hydrogens (tertiary/aromatic N) is 2. The average molecular weight is 485 g/mol. The summed E-state index contributed by atoms with van der Waals surface area (Å²) in [5.74, 6) is -0.0276. The van der Waals surface area contributed by atoms with Crippen LogP contribution < -0.4 is 10.6 Å². The largest absolute Gasteiger partial charge is 0.379 e. The Bertz CT molecular complexity index is 1150. The number of nitrogens with one attached hydrogen (secondary N) is 2. The summed E-state index contributed by atoms with van der Waals surface area (Å²) in [6.07, 6.45) is 5.29. The van der Waals surface area contributed by atoms with E-state index in [1.807, 2.05) is 34.1 Å². The number of carbonyl (C=O) groups excluding carboxylic acids is 2. The third-order valence-corrected chi connectivity index (χ3v) is 7.26. The summed E-state index contributed by atoms with van der Waals surface area (Å²) in [7, 11) is 0. The summed E-state index contributed by atoms with van der Waals surface area (Å²) >= 11 is 0. The van der Waals surface area contributed by atoms with Gasteiger partial charge in [-0.05, 0) is 51.7 Å². The van der Waals surface area contributed by atoms with Crippen molar-refractivity contribution >= 4 is 23.2 Å². The van der Waals surface area contributed by atoms with Gasteiger partial charge in [-0.15, -0.1) is 0 Å². The van der Waals surface area contributed by atoms with Crippen LogP contribution in [0, 0.1) is 0 Å². The van der Waals surface area contributed by atoms with E-state index in [1.165, 1.54) is 11.1 Å². The molecular weight excluding hydrogens is 448 g/mol. The van der Waals surface area contributed by atoms with E-state index in [4.69, 9.17) is 0 Å². The molecule has 6 heteroatoms. The van der Waals surface area contributed by atoms with Crippen molar-refractivity contribution in [2.75, 3.05) is 26.2 Å². The summed E-state index contributed by atoms with van der Waals surface area (Å²) in [4.78, 5) is 30.0. The molecule has 3 aliphatic heterocycles. The Morgan fingerprint density at radius 3 is 1.42 bits per heavy atom. The molecule has 0 unspecified atom stereocenters. The first-order chi connectivity index (χ1) is 17.1. The second kappa shape index (κ2) is 9.16. The van der Waals surface area contributed by atoms with E-state index >= 15 is 0 Å².